The van der Waals surface area contributed by atoms with Crippen molar-refractivity contribution in [2.75, 3.05) is 6.54 Å². The molecule has 0 amide bonds. The Labute approximate surface area is 139 Å². The molecule has 0 bridgehead atoms. The maximum Gasteiger partial charge on any atom is 0.0701 e. The zero-order valence-electron chi connectivity index (χ0n) is 10.4. The molecule has 102 valence electrons. The lowest BCUT2D eigenvalue weighted by molar-refractivity contribution is 0.553. The van der Waals surface area contributed by atoms with E-state index in [1.165, 1.54) is 14.2 Å². The van der Waals surface area contributed by atoms with Gasteiger partial charge < -0.3 is 5.32 Å². The van der Waals surface area contributed by atoms with Crippen molar-refractivity contribution in [2.45, 2.75) is 19.4 Å². The number of hydrogen-bond donors (Lipinski definition) is 1. The smallest absolute Gasteiger partial charge is 0.0701 e. The van der Waals surface area contributed by atoms with Crippen LogP contribution in [0.3, 0.4) is 0 Å². The van der Waals surface area contributed by atoms with Crippen LogP contribution in [0, 0.1) is 0 Å². The Morgan fingerprint density at radius 2 is 2.05 bits per heavy atom. The Hall–Kier alpha value is 0.130. The van der Waals surface area contributed by atoms with Gasteiger partial charge in [-0.25, -0.2) is 0 Å². The molecule has 0 fully saturated rings. The van der Waals surface area contributed by atoms with Crippen LogP contribution in [-0.4, -0.2) is 6.54 Å². The van der Waals surface area contributed by atoms with Gasteiger partial charge in [-0.15, -0.1) is 11.3 Å². The molecule has 1 atom stereocenters. The fourth-order valence-corrected chi connectivity index (χ4v) is 4.41. The Balaban J connectivity index is 2.23. The summed E-state index contributed by atoms with van der Waals surface area (Å²) >= 11 is 14.9. The molecule has 2 rings (SSSR count). The van der Waals surface area contributed by atoms with Crippen LogP contribution < -0.4 is 5.32 Å². The van der Waals surface area contributed by atoms with Crippen molar-refractivity contribution in [3.63, 3.8) is 0 Å². The molecular formula is C14H14Br2ClNS. The van der Waals surface area contributed by atoms with Gasteiger partial charge in [0, 0.05) is 26.8 Å². The van der Waals surface area contributed by atoms with E-state index in [0.717, 1.165) is 22.5 Å². The number of rotatable bonds is 5. The minimum absolute atomic E-state index is 0.283. The highest BCUT2D eigenvalue weighted by Gasteiger charge is 2.13. The standard InChI is InChI=1S/C14H14Br2ClNS/c1-2-18-13(8-12-3-4-14(16)19-12)9-5-10(15)7-11(17)6-9/h3-7,13,18H,2,8H2,1H3. The molecule has 0 aliphatic rings. The molecule has 0 radical (unpaired) electrons. The fraction of sp³-hybridized carbons (Fsp3) is 0.286. The fourth-order valence-electron chi connectivity index (χ4n) is 1.99. The molecule has 0 aliphatic heterocycles. The lowest BCUT2D eigenvalue weighted by atomic mass is 10.0. The van der Waals surface area contributed by atoms with Crippen LogP contribution in [-0.2, 0) is 6.42 Å². The van der Waals surface area contributed by atoms with Gasteiger partial charge in [0.2, 0.25) is 0 Å². The summed E-state index contributed by atoms with van der Waals surface area (Å²) in [4.78, 5) is 1.36. The van der Waals surface area contributed by atoms with Crippen LogP contribution in [0.1, 0.15) is 23.4 Å². The van der Waals surface area contributed by atoms with Crippen molar-refractivity contribution >= 4 is 54.8 Å². The summed E-state index contributed by atoms with van der Waals surface area (Å²) in [6.07, 6.45) is 0.969. The van der Waals surface area contributed by atoms with Crippen molar-refractivity contribution in [1.82, 2.24) is 5.32 Å². The zero-order chi connectivity index (χ0) is 13.8. The van der Waals surface area contributed by atoms with Gasteiger partial charge in [-0.3, -0.25) is 0 Å². The summed E-state index contributed by atoms with van der Waals surface area (Å²) in [5.41, 5.74) is 1.21. The topological polar surface area (TPSA) is 12.0 Å². The third kappa shape index (κ3) is 4.57. The molecule has 1 aromatic carbocycles. The van der Waals surface area contributed by atoms with E-state index in [1.54, 1.807) is 11.3 Å². The largest absolute Gasteiger partial charge is 0.310 e. The third-order valence-electron chi connectivity index (χ3n) is 2.77. The molecule has 2 aromatic rings. The first-order chi connectivity index (χ1) is 9.08. The van der Waals surface area contributed by atoms with Crippen LogP contribution in [0.5, 0.6) is 0 Å². The maximum absolute atomic E-state index is 6.14. The first-order valence-electron chi connectivity index (χ1n) is 6.02. The molecule has 0 spiro atoms. The summed E-state index contributed by atoms with van der Waals surface area (Å²) in [6.45, 7) is 3.05. The Bertz CT molecular complexity index is 536. The average molecular weight is 424 g/mol. The summed E-state index contributed by atoms with van der Waals surface area (Å²) in [5.74, 6) is 0. The van der Waals surface area contributed by atoms with E-state index < -0.39 is 0 Å². The van der Waals surface area contributed by atoms with Crippen LogP contribution in [0.2, 0.25) is 5.02 Å². The van der Waals surface area contributed by atoms with Crippen molar-refractivity contribution in [3.05, 3.63) is 54.1 Å². The molecule has 1 heterocycles. The van der Waals surface area contributed by atoms with Crippen LogP contribution in [0.4, 0.5) is 0 Å². The minimum atomic E-state index is 0.283. The molecule has 0 saturated heterocycles. The van der Waals surface area contributed by atoms with E-state index in [4.69, 9.17) is 11.6 Å². The molecule has 1 nitrogen and oxygen atoms in total. The highest BCUT2D eigenvalue weighted by Crippen LogP contribution is 2.29. The highest BCUT2D eigenvalue weighted by molar-refractivity contribution is 9.11. The summed E-state index contributed by atoms with van der Waals surface area (Å²) < 4.78 is 2.19. The first kappa shape index (κ1) is 15.5. The van der Waals surface area contributed by atoms with Crippen molar-refractivity contribution < 1.29 is 0 Å². The summed E-state index contributed by atoms with van der Waals surface area (Å²) in [6, 6.07) is 10.6. The van der Waals surface area contributed by atoms with Gasteiger partial charge in [0.1, 0.15) is 0 Å². The first-order valence-corrected chi connectivity index (χ1v) is 8.80. The van der Waals surface area contributed by atoms with E-state index in [2.05, 4.69) is 62.3 Å². The van der Waals surface area contributed by atoms with Crippen LogP contribution >= 0.6 is 54.8 Å². The molecule has 19 heavy (non-hydrogen) atoms. The Morgan fingerprint density at radius 1 is 1.26 bits per heavy atom. The predicted octanol–water partition coefficient (Wildman–Crippen LogP) is 5.82. The van der Waals surface area contributed by atoms with Crippen LogP contribution in [0.15, 0.2) is 38.6 Å². The van der Waals surface area contributed by atoms with Gasteiger partial charge in [-0.2, -0.15) is 0 Å². The number of likely N-dealkylation sites (N-methyl/N-ethyl adjacent to an activating group) is 1. The van der Waals surface area contributed by atoms with Gasteiger partial charge in [0.15, 0.2) is 0 Å². The second-order valence-electron chi connectivity index (χ2n) is 4.22. The van der Waals surface area contributed by atoms with Crippen molar-refractivity contribution in [1.29, 1.82) is 0 Å². The van der Waals surface area contributed by atoms with Gasteiger partial charge >= 0.3 is 0 Å². The zero-order valence-corrected chi connectivity index (χ0v) is 15.2. The minimum Gasteiger partial charge on any atom is -0.310 e. The Kier molecular flexibility index (Phi) is 5.90. The van der Waals surface area contributed by atoms with Crippen LogP contribution in [0.25, 0.3) is 0 Å². The number of benzene rings is 1. The number of thiophene rings is 1. The normalized spacial score (nSPS) is 12.6. The molecular weight excluding hydrogens is 409 g/mol. The average Bonchev–Trinajstić information content (AvgIpc) is 2.73. The summed E-state index contributed by atoms with van der Waals surface area (Å²) in [5, 5.41) is 4.29. The van der Waals surface area contributed by atoms with E-state index in [9.17, 15) is 0 Å². The SMILES string of the molecule is CCNC(Cc1ccc(Br)s1)c1cc(Cl)cc(Br)c1. The van der Waals surface area contributed by atoms with E-state index in [0.29, 0.717) is 0 Å². The van der Waals surface area contributed by atoms with Gasteiger partial charge in [-0.05, 0) is 58.4 Å². The Morgan fingerprint density at radius 3 is 2.63 bits per heavy atom. The quantitative estimate of drug-likeness (QED) is 0.639. The molecule has 5 heteroatoms. The molecule has 1 aromatic heterocycles. The lowest BCUT2D eigenvalue weighted by Gasteiger charge is -2.18. The number of hydrogen-bond acceptors (Lipinski definition) is 2. The molecule has 0 saturated carbocycles. The number of nitrogens with one attached hydrogen (secondary N) is 1. The predicted molar refractivity (Wildman–Crippen MR) is 91.3 cm³/mol. The van der Waals surface area contributed by atoms with Gasteiger partial charge in [0.05, 0.1) is 3.79 Å². The maximum atomic E-state index is 6.14. The molecule has 0 aliphatic carbocycles. The number of halogens is 3. The third-order valence-corrected chi connectivity index (χ3v) is 5.09. The lowest BCUT2D eigenvalue weighted by Crippen LogP contribution is -2.22. The van der Waals surface area contributed by atoms with E-state index >= 15 is 0 Å². The van der Waals surface area contributed by atoms with E-state index in [1.807, 2.05) is 12.1 Å². The molecule has 1 unspecified atom stereocenters. The van der Waals surface area contributed by atoms with E-state index in [-0.39, 0.29) is 6.04 Å². The van der Waals surface area contributed by atoms with Gasteiger partial charge in [-0.1, -0.05) is 34.5 Å². The second-order valence-corrected chi connectivity index (χ2v) is 8.12. The highest BCUT2D eigenvalue weighted by atomic mass is 79.9. The van der Waals surface area contributed by atoms with Crippen molar-refractivity contribution in [2.24, 2.45) is 0 Å². The van der Waals surface area contributed by atoms with Crippen molar-refractivity contribution in [3.8, 4) is 0 Å². The second kappa shape index (κ2) is 7.23. The summed E-state index contributed by atoms with van der Waals surface area (Å²) in [7, 11) is 0. The monoisotopic (exact) mass is 421 g/mol. The van der Waals surface area contributed by atoms with Gasteiger partial charge in [0.25, 0.3) is 0 Å². The molecule has 1 N–H and O–H groups in total.